The second-order valence-electron chi connectivity index (χ2n) is 2.55. The Balaban J connectivity index is 3.29. The summed E-state index contributed by atoms with van der Waals surface area (Å²) < 4.78 is 0. The highest BCUT2D eigenvalue weighted by Crippen LogP contribution is 2.27. The monoisotopic (exact) mass is 165 g/mol. The van der Waals surface area contributed by atoms with Crippen molar-refractivity contribution in [1.82, 2.24) is 0 Å². The Bertz CT molecular complexity index is 308. The van der Waals surface area contributed by atoms with E-state index in [0.717, 1.165) is 12.0 Å². The number of nitrogen functional groups attached to an aromatic ring is 1. The smallest absolute Gasteiger partial charge is 0.153 e. The molecule has 12 heavy (non-hydrogen) atoms. The average Bonchev–Trinajstić information content (AvgIpc) is 2.10. The fourth-order valence-corrected chi connectivity index (χ4v) is 1.07. The summed E-state index contributed by atoms with van der Waals surface area (Å²) in [5.41, 5.74) is 6.97. The van der Waals surface area contributed by atoms with Crippen molar-refractivity contribution in [2.75, 3.05) is 5.73 Å². The molecule has 1 aromatic rings. The molecule has 0 bridgehead atoms. The van der Waals surface area contributed by atoms with Gasteiger partial charge in [-0.1, -0.05) is 13.0 Å². The molecule has 0 aliphatic heterocycles. The van der Waals surface area contributed by atoms with Crippen molar-refractivity contribution in [2.24, 2.45) is 0 Å². The quantitative estimate of drug-likeness (QED) is 0.395. The van der Waals surface area contributed by atoms with Gasteiger partial charge in [0.2, 0.25) is 0 Å². The third kappa shape index (κ3) is 1.25. The molecule has 0 unspecified atom stereocenters. The fraction of sp³-hybridized carbons (Fsp3) is 0.222. The van der Waals surface area contributed by atoms with Crippen LogP contribution in [-0.2, 0) is 6.42 Å². The van der Waals surface area contributed by atoms with Gasteiger partial charge in [0.05, 0.1) is 11.3 Å². The van der Waals surface area contributed by atoms with Crippen LogP contribution >= 0.6 is 0 Å². The molecule has 0 radical (unpaired) electrons. The molecular formula is C9H11NO2. The van der Waals surface area contributed by atoms with Gasteiger partial charge in [0, 0.05) is 0 Å². The van der Waals surface area contributed by atoms with Crippen molar-refractivity contribution in [1.29, 1.82) is 0 Å². The zero-order valence-electron chi connectivity index (χ0n) is 6.87. The van der Waals surface area contributed by atoms with Crippen molar-refractivity contribution in [3.05, 3.63) is 23.3 Å². The van der Waals surface area contributed by atoms with Crippen LogP contribution in [0, 0.1) is 0 Å². The topological polar surface area (TPSA) is 63.3 Å². The molecule has 0 spiro atoms. The van der Waals surface area contributed by atoms with E-state index in [-0.39, 0.29) is 11.3 Å². The lowest BCUT2D eigenvalue weighted by molar-refractivity contribution is 0.112. The van der Waals surface area contributed by atoms with E-state index in [1.165, 1.54) is 0 Å². The second kappa shape index (κ2) is 3.26. The zero-order chi connectivity index (χ0) is 9.14. The summed E-state index contributed by atoms with van der Waals surface area (Å²) in [5.74, 6) is -0.107. The number of aryl methyl sites for hydroxylation is 1. The molecule has 0 heterocycles. The van der Waals surface area contributed by atoms with Crippen LogP contribution in [0.4, 0.5) is 5.69 Å². The Morgan fingerprint density at radius 2 is 2.25 bits per heavy atom. The Labute approximate surface area is 70.8 Å². The molecule has 1 aromatic carbocycles. The number of nitrogens with two attached hydrogens (primary N) is 1. The zero-order valence-corrected chi connectivity index (χ0v) is 6.87. The Morgan fingerprint density at radius 1 is 1.58 bits per heavy atom. The number of aldehydes is 1. The molecule has 0 aliphatic rings. The molecule has 3 nitrogen and oxygen atoms in total. The lowest BCUT2D eigenvalue weighted by Gasteiger charge is -2.06. The van der Waals surface area contributed by atoms with Crippen LogP contribution in [0.25, 0.3) is 0 Å². The summed E-state index contributed by atoms with van der Waals surface area (Å²) in [7, 11) is 0. The number of carbonyl (C=O) groups is 1. The van der Waals surface area contributed by atoms with E-state index in [0.29, 0.717) is 12.0 Å². The molecular weight excluding hydrogens is 154 g/mol. The van der Waals surface area contributed by atoms with Gasteiger partial charge < -0.3 is 10.8 Å². The van der Waals surface area contributed by atoms with Gasteiger partial charge in [-0.3, -0.25) is 4.79 Å². The largest absolute Gasteiger partial charge is 0.505 e. The van der Waals surface area contributed by atoms with Gasteiger partial charge in [0.15, 0.2) is 6.29 Å². The van der Waals surface area contributed by atoms with Crippen molar-refractivity contribution < 1.29 is 9.90 Å². The van der Waals surface area contributed by atoms with Gasteiger partial charge >= 0.3 is 0 Å². The Kier molecular flexibility index (Phi) is 2.33. The van der Waals surface area contributed by atoms with Crippen molar-refractivity contribution >= 4 is 12.0 Å². The maximum absolute atomic E-state index is 10.4. The van der Waals surface area contributed by atoms with E-state index in [1.807, 2.05) is 6.92 Å². The number of aromatic hydroxyl groups is 1. The summed E-state index contributed by atoms with van der Waals surface area (Å²) in [4.78, 5) is 10.4. The van der Waals surface area contributed by atoms with Crippen molar-refractivity contribution in [3.8, 4) is 5.75 Å². The first-order valence-corrected chi connectivity index (χ1v) is 3.76. The van der Waals surface area contributed by atoms with E-state index in [9.17, 15) is 9.90 Å². The molecule has 1 rings (SSSR count). The molecule has 0 fully saturated rings. The third-order valence-corrected chi connectivity index (χ3v) is 1.85. The predicted octanol–water partition coefficient (Wildman–Crippen LogP) is 1.35. The first kappa shape index (κ1) is 8.59. The van der Waals surface area contributed by atoms with E-state index >= 15 is 0 Å². The number of carbonyl (C=O) groups excluding carboxylic acids is 1. The van der Waals surface area contributed by atoms with E-state index in [4.69, 9.17) is 5.73 Å². The van der Waals surface area contributed by atoms with E-state index in [1.54, 1.807) is 12.1 Å². The number of phenolic OH excluding ortho intramolecular Hbond substituents is 1. The fourth-order valence-electron chi connectivity index (χ4n) is 1.07. The SMILES string of the molecule is CCc1ccc(C=O)c(O)c1N. The first-order valence-electron chi connectivity index (χ1n) is 3.76. The molecule has 0 amide bonds. The van der Waals surface area contributed by atoms with E-state index in [2.05, 4.69) is 0 Å². The molecule has 0 saturated carbocycles. The van der Waals surface area contributed by atoms with Crippen LogP contribution in [-0.4, -0.2) is 11.4 Å². The number of hydrogen-bond acceptors (Lipinski definition) is 3. The van der Waals surface area contributed by atoms with Gasteiger partial charge in [0.1, 0.15) is 5.75 Å². The van der Waals surface area contributed by atoms with Gasteiger partial charge in [-0.25, -0.2) is 0 Å². The highest BCUT2D eigenvalue weighted by Gasteiger charge is 2.06. The molecule has 3 heteroatoms. The second-order valence-corrected chi connectivity index (χ2v) is 2.55. The van der Waals surface area contributed by atoms with Crippen LogP contribution in [0.5, 0.6) is 5.75 Å². The molecule has 3 N–H and O–H groups in total. The number of phenols is 1. The highest BCUT2D eigenvalue weighted by molar-refractivity contribution is 5.83. The van der Waals surface area contributed by atoms with Crippen molar-refractivity contribution in [2.45, 2.75) is 13.3 Å². The maximum atomic E-state index is 10.4. The minimum Gasteiger partial charge on any atom is -0.505 e. The Hall–Kier alpha value is -1.51. The first-order chi connectivity index (χ1) is 5.70. The van der Waals surface area contributed by atoms with Crippen LogP contribution in [0.3, 0.4) is 0 Å². The van der Waals surface area contributed by atoms with Crippen LogP contribution < -0.4 is 5.73 Å². The predicted molar refractivity (Wildman–Crippen MR) is 47.3 cm³/mol. The van der Waals surface area contributed by atoms with Crippen LogP contribution in [0.15, 0.2) is 12.1 Å². The maximum Gasteiger partial charge on any atom is 0.153 e. The lowest BCUT2D eigenvalue weighted by Crippen LogP contribution is -1.95. The standard InChI is InChI=1S/C9H11NO2/c1-2-6-3-4-7(5-11)9(12)8(6)10/h3-5,12H,2,10H2,1H3. The van der Waals surface area contributed by atoms with Gasteiger partial charge in [-0.2, -0.15) is 0 Å². The summed E-state index contributed by atoms with van der Waals surface area (Å²) in [6.07, 6.45) is 1.34. The van der Waals surface area contributed by atoms with E-state index < -0.39 is 0 Å². The summed E-state index contributed by atoms with van der Waals surface area (Å²) in [6, 6.07) is 3.32. The van der Waals surface area contributed by atoms with Crippen LogP contribution in [0.1, 0.15) is 22.8 Å². The number of anilines is 1. The highest BCUT2D eigenvalue weighted by atomic mass is 16.3. The number of rotatable bonds is 2. The molecule has 0 atom stereocenters. The van der Waals surface area contributed by atoms with Gasteiger partial charge in [-0.15, -0.1) is 0 Å². The minimum atomic E-state index is -0.107. The molecule has 64 valence electrons. The van der Waals surface area contributed by atoms with Crippen LogP contribution in [0.2, 0.25) is 0 Å². The van der Waals surface area contributed by atoms with Gasteiger partial charge in [0.25, 0.3) is 0 Å². The summed E-state index contributed by atoms with van der Waals surface area (Å²) >= 11 is 0. The Morgan fingerprint density at radius 3 is 2.75 bits per heavy atom. The minimum absolute atomic E-state index is 0.107. The average molecular weight is 165 g/mol. The molecule has 0 aromatic heterocycles. The number of hydrogen-bond donors (Lipinski definition) is 2. The van der Waals surface area contributed by atoms with Crippen molar-refractivity contribution in [3.63, 3.8) is 0 Å². The summed E-state index contributed by atoms with van der Waals surface area (Å²) in [6.45, 7) is 1.94. The number of benzene rings is 1. The normalized spacial score (nSPS) is 9.75. The third-order valence-electron chi connectivity index (χ3n) is 1.85. The molecule has 0 aliphatic carbocycles. The lowest BCUT2D eigenvalue weighted by atomic mass is 10.1. The molecule has 0 saturated heterocycles. The van der Waals surface area contributed by atoms with Gasteiger partial charge in [-0.05, 0) is 18.1 Å². The summed E-state index contributed by atoms with van der Waals surface area (Å²) in [5, 5.41) is 9.35.